The van der Waals surface area contributed by atoms with Crippen LogP contribution < -0.4 is 10.2 Å². The fourth-order valence-electron chi connectivity index (χ4n) is 3.77. The lowest BCUT2D eigenvalue weighted by atomic mass is 10.1. The van der Waals surface area contributed by atoms with Gasteiger partial charge in [-0.2, -0.15) is 13.2 Å². The van der Waals surface area contributed by atoms with Gasteiger partial charge in [-0.15, -0.1) is 10.2 Å². The van der Waals surface area contributed by atoms with Crippen molar-refractivity contribution in [2.75, 3.05) is 42.3 Å². The molecule has 7 nitrogen and oxygen atoms in total. The van der Waals surface area contributed by atoms with Gasteiger partial charge in [-0.1, -0.05) is 18.2 Å². The van der Waals surface area contributed by atoms with Crippen LogP contribution in [0.3, 0.4) is 0 Å². The average Bonchev–Trinajstić information content (AvgIpc) is 2.98. The third kappa shape index (κ3) is 5.32. The normalized spacial score (nSPS) is 17.2. The van der Waals surface area contributed by atoms with Gasteiger partial charge in [0, 0.05) is 26.1 Å². The number of benzene rings is 1. The predicted molar refractivity (Wildman–Crippen MR) is 111 cm³/mol. The first-order chi connectivity index (χ1) is 14.9. The van der Waals surface area contributed by atoms with E-state index in [0.717, 1.165) is 50.2 Å². The van der Waals surface area contributed by atoms with Gasteiger partial charge in [0.15, 0.2) is 5.16 Å². The lowest BCUT2D eigenvalue weighted by Crippen LogP contribution is -2.37. The van der Waals surface area contributed by atoms with E-state index < -0.39 is 11.7 Å². The molecule has 0 bridgehead atoms. The minimum atomic E-state index is -4.49. The number of rotatable bonds is 5. The fraction of sp³-hybridized carbons (Fsp3) is 0.550. The third-order valence-electron chi connectivity index (χ3n) is 5.36. The summed E-state index contributed by atoms with van der Waals surface area (Å²) in [6.45, 7) is 2.90. The molecule has 2 aliphatic heterocycles. The number of thioether (sulfide) groups is 1. The fourth-order valence-corrected chi connectivity index (χ4v) is 4.56. The SMILES string of the molecule is O=C(CSc1nnc2n1CCCCC2)Nc1cc(C(F)(F)F)ccc1N1CCOCC1. The number of halogens is 3. The van der Waals surface area contributed by atoms with Crippen molar-refractivity contribution in [2.24, 2.45) is 0 Å². The van der Waals surface area contributed by atoms with Gasteiger partial charge in [0.05, 0.1) is 35.9 Å². The maximum Gasteiger partial charge on any atom is 0.416 e. The summed E-state index contributed by atoms with van der Waals surface area (Å²) in [5, 5.41) is 11.7. The molecule has 1 amide bonds. The Morgan fingerprint density at radius 1 is 1.13 bits per heavy atom. The molecule has 11 heteroatoms. The van der Waals surface area contributed by atoms with Crippen molar-refractivity contribution in [1.82, 2.24) is 14.8 Å². The first kappa shape index (κ1) is 21.9. The highest BCUT2D eigenvalue weighted by Gasteiger charge is 2.32. The molecular weight excluding hydrogens is 431 g/mol. The van der Waals surface area contributed by atoms with E-state index in [1.165, 1.54) is 17.8 Å². The molecule has 0 aliphatic carbocycles. The Bertz CT molecular complexity index is 928. The van der Waals surface area contributed by atoms with Crippen LogP contribution in [0.1, 0.15) is 30.7 Å². The number of nitrogens with one attached hydrogen (secondary N) is 1. The van der Waals surface area contributed by atoms with Crippen molar-refractivity contribution < 1.29 is 22.7 Å². The van der Waals surface area contributed by atoms with Gasteiger partial charge in [-0.3, -0.25) is 4.79 Å². The van der Waals surface area contributed by atoms with Crippen LogP contribution in [0, 0.1) is 0 Å². The van der Waals surface area contributed by atoms with Crippen molar-refractivity contribution in [3.8, 4) is 0 Å². The first-order valence-corrected chi connectivity index (χ1v) is 11.3. The van der Waals surface area contributed by atoms with E-state index in [1.54, 1.807) is 0 Å². The summed E-state index contributed by atoms with van der Waals surface area (Å²) < 4.78 is 47.1. The van der Waals surface area contributed by atoms with Crippen molar-refractivity contribution in [3.63, 3.8) is 0 Å². The highest BCUT2D eigenvalue weighted by Crippen LogP contribution is 2.36. The van der Waals surface area contributed by atoms with E-state index in [1.807, 2.05) is 9.47 Å². The Hall–Kier alpha value is -2.27. The third-order valence-corrected chi connectivity index (χ3v) is 6.32. The largest absolute Gasteiger partial charge is 0.416 e. The molecule has 4 rings (SSSR count). The molecular formula is C20H24F3N5O2S. The van der Waals surface area contributed by atoms with Crippen molar-refractivity contribution in [3.05, 3.63) is 29.6 Å². The number of morpholine rings is 1. The van der Waals surface area contributed by atoms with Gasteiger partial charge in [-0.05, 0) is 31.0 Å². The number of aryl methyl sites for hydroxylation is 1. The van der Waals surface area contributed by atoms with Crippen LogP contribution in [0.5, 0.6) is 0 Å². The number of nitrogens with zero attached hydrogens (tertiary/aromatic N) is 4. The molecule has 0 saturated carbocycles. The highest BCUT2D eigenvalue weighted by atomic mass is 32.2. The Morgan fingerprint density at radius 3 is 2.71 bits per heavy atom. The number of carbonyl (C=O) groups is 1. The monoisotopic (exact) mass is 455 g/mol. The van der Waals surface area contributed by atoms with Crippen LogP contribution >= 0.6 is 11.8 Å². The number of amides is 1. The summed E-state index contributed by atoms with van der Waals surface area (Å²) >= 11 is 1.25. The molecule has 1 aromatic carbocycles. The Balaban J connectivity index is 1.48. The summed E-state index contributed by atoms with van der Waals surface area (Å²) in [4.78, 5) is 14.5. The summed E-state index contributed by atoms with van der Waals surface area (Å²) in [5.74, 6) is 0.578. The number of anilines is 2. The number of aromatic nitrogens is 3. The van der Waals surface area contributed by atoms with E-state index in [4.69, 9.17) is 4.74 Å². The van der Waals surface area contributed by atoms with E-state index in [0.29, 0.717) is 37.1 Å². The lowest BCUT2D eigenvalue weighted by molar-refractivity contribution is -0.137. The summed E-state index contributed by atoms with van der Waals surface area (Å²) in [5.41, 5.74) is -0.0800. The first-order valence-electron chi connectivity index (χ1n) is 10.3. The predicted octanol–water partition coefficient (Wildman–Crippen LogP) is 3.59. The quantitative estimate of drug-likeness (QED) is 0.695. The molecule has 0 spiro atoms. The van der Waals surface area contributed by atoms with Crippen LogP contribution in [0.2, 0.25) is 0 Å². The zero-order chi connectivity index (χ0) is 21.8. The van der Waals surface area contributed by atoms with Gasteiger partial charge >= 0.3 is 6.18 Å². The van der Waals surface area contributed by atoms with Gasteiger partial charge < -0.3 is 19.5 Å². The van der Waals surface area contributed by atoms with Gasteiger partial charge in [0.25, 0.3) is 0 Å². The second-order valence-corrected chi connectivity index (χ2v) is 8.47. The molecule has 2 aliphatic rings. The maximum absolute atomic E-state index is 13.2. The molecule has 1 aromatic heterocycles. The molecule has 168 valence electrons. The smallest absolute Gasteiger partial charge is 0.378 e. The topological polar surface area (TPSA) is 72.3 Å². The molecule has 0 unspecified atom stereocenters. The molecule has 2 aromatic rings. The van der Waals surface area contributed by atoms with Gasteiger partial charge in [0.2, 0.25) is 5.91 Å². The Labute approximate surface area is 182 Å². The number of carbonyl (C=O) groups excluding carboxylic acids is 1. The zero-order valence-corrected chi connectivity index (χ0v) is 17.8. The lowest BCUT2D eigenvalue weighted by Gasteiger charge is -2.31. The zero-order valence-electron chi connectivity index (χ0n) is 17.0. The van der Waals surface area contributed by atoms with Crippen LogP contribution in [0.4, 0.5) is 24.5 Å². The van der Waals surface area contributed by atoms with Crippen molar-refractivity contribution in [1.29, 1.82) is 0 Å². The summed E-state index contributed by atoms with van der Waals surface area (Å²) in [7, 11) is 0. The van der Waals surface area contributed by atoms with E-state index in [-0.39, 0.29) is 17.3 Å². The van der Waals surface area contributed by atoms with Crippen LogP contribution in [-0.4, -0.2) is 52.7 Å². The number of fused-ring (bicyclic) bond motifs is 1. The number of alkyl halides is 3. The number of hydrogen-bond donors (Lipinski definition) is 1. The maximum atomic E-state index is 13.2. The Kier molecular flexibility index (Phi) is 6.71. The molecule has 31 heavy (non-hydrogen) atoms. The minimum absolute atomic E-state index is 0.0386. The second kappa shape index (κ2) is 9.47. The summed E-state index contributed by atoms with van der Waals surface area (Å²) in [6.07, 6.45) is -0.376. The highest BCUT2D eigenvalue weighted by molar-refractivity contribution is 7.99. The minimum Gasteiger partial charge on any atom is -0.378 e. The van der Waals surface area contributed by atoms with Crippen molar-refractivity contribution in [2.45, 2.75) is 43.6 Å². The van der Waals surface area contributed by atoms with Gasteiger partial charge in [0.1, 0.15) is 5.82 Å². The molecule has 1 N–H and O–H groups in total. The number of hydrogen-bond acceptors (Lipinski definition) is 6. The Morgan fingerprint density at radius 2 is 1.94 bits per heavy atom. The van der Waals surface area contributed by atoms with Crippen molar-refractivity contribution >= 4 is 29.0 Å². The molecule has 1 saturated heterocycles. The molecule has 0 atom stereocenters. The molecule has 0 radical (unpaired) electrons. The average molecular weight is 456 g/mol. The standard InChI is InChI=1S/C20H24F3N5O2S/c21-20(22,23)14-5-6-16(27-8-10-30-11-9-27)15(12-14)24-18(29)13-31-19-26-25-17-4-2-1-3-7-28(17)19/h5-6,12H,1-4,7-11,13H2,(H,24,29). The van der Waals surface area contributed by atoms with Crippen LogP contribution in [-0.2, 0) is 28.7 Å². The van der Waals surface area contributed by atoms with Crippen LogP contribution in [0.25, 0.3) is 0 Å². The van der Waals surface area contributed by atoms with E-state index in [2.05, 4.69) is 15.5 Å². The molecule has 1 fully saturated rings. The van der Waals surface area contributed by atoms with E-state index in [9.17, 15) is 18.0 Å². The van der Waals surface area contributed by atoms with Gasteiger partial charge in [-0.25, -0.2) is 0 Å². The van der Waals surface area contributed by atoms with Crippen LogP contribution in [0.15, 0.2) is 23.4 Å². The summed E-state index contributed by atoms with van der Waals surface area (Å²) in [6, 6.07) is 3.45. The number of ether oxygens (including phenoxy) is 1. The van der Waals surface area contributed by atoms with E-state index >= 15 is 0 Å². The second-order valence-electron chi connectivity index (χ2n) is 7.53. The molecule has 3 heterocycles.